The van der Waals surface area contributed by atoms with Crippen LogP contribution in [0.4, 0.5) is 10.5 Å². The highest BCUT2D eigenvalue weighted by Gasteiger charge is 2.57. The molecule has 1 atom stereocenters. The molecule has 2 amide bonds. The lowest BCUT2D eigenvalue weighted by Crippen LogP contribution is -2.49. The fourth-order valence-corrected chi connectivity index (χ4v) is 4.21. The number of methoxy groups -OCH3 is 1. The van der Waals surface area contributed by atoms with Crippen LogP contribution in [0.3, 0.4) is 0 Å². The Balaban J connectivity index is 2.11. The first-order chi connectivity index (χ1) is 11.0. The standard InChI is InChI=1S/C17H20ClN3O2/c1-11-13(7-6-12(10-19)14(11)18)21-15(23-3)17(8-4-5-9-17)20(2)16(21)22/h6-7,15H,4-5,8-9H2,1-3H3. The van der Waals surface area contributed by atoms with Crippen molar-refractivity contribution in [1.29, 1.82) is 5.26 Å². The molecule has 1 saturated carbocycles. The normalized spacial score (nSPS) is 22.9. The van der Waals surface area contributed by atoms with Gasteiger partial charge in [0.15, 0.2) is 6.23 Å². The predicted octanol–water partition coefficient (Wildman–Crippen LogP) is 3.68. The minimum absolute atomic E-state index is 0.0809. The molecule has 1 aromatic rings. The Labute approximate surface area is 141 Å². The number of halogens is 1. The second-order valence-corrected chi connectivity index (χ2v) is 6.67. The number of hydrogen-bond donors (Lipinski definition) is 0. The smallest absolute Gasteiger partial charge is 0.327 e. The molecule has 1 saturated heterocycles. The van der Waals surface area contributed by atoms with Crippen LogP contribution in [0.5, 0.6) is 0 Å². The summed E-state index contributed by atoms with van der Waals surface area (Å²) in [6.45, 7) is 1.83. The van der Waals surface area contributed by atoms with Crippen LogP contribution in [0.15, 0.2) is 12.1 Å². The van der Waals surface area contributed by atoms with E-state index in [0.717, 1.165) is 31.2 Å². The number of nitrogens with zero attached hydrogens (tertiary/aromatic N) is 3. The van der Waals surface area contributed by atoms with E-state index in [0.29, 0.717) is 16.3 Å². The average Bonchev–Trinajstić information content (AvgIpc) is 3.11. The van der Waals surface area contributed by atoms with Crippen molar-refractivity contribution >= 4 is 23.3 Å². The molecule has 3 rings (SSSR count). The molecule has 5 nitrogen and oxygen atoms in total. The van der Waals surface area contributed by atoms with Crippen LogP contribution in [0.2, 0.25) is 5.02 Å². The number of carbonyl (C=O) groups is 1. The molecule has 1 heterocycles. The molecule has 6 heteroatoms. The van der Waals surface area contributed by atoms with Crippen LogP contribution >= 0.6 is 11.6 Å². The van der Waals surface area contributed by atoms with Crippen LogP contribution in [-0.2, 0) is 4.74 Å². The number of anilines is 1. The molecule has 122 valence electrons. The summed E-state index contributed by atoms with van der Waals surface area (Å²) in [5.41, 5.74) is 1.57. The van der Waals surface area contributed by atoms with Crippen LogP contribution < -0.4 is 4.90 Å². The van der Waals surface area contributed by atoms with Gasteiger partial charge in [0, 0.05) is 14.2 Å². The summed E-state index contributed by atoms with van der Waals surface area (Å²) >= 11 is 6.29. The van der Waals surface area contributed by atoms with Crippen LogP contribution in [0.25, 0.3) is 0 Å². The minimum atomic E-state index is -0.342. The first-order valence-corrected chi connectivity index (χ1v) is 8.14. The van der Waals surface area contributed by atoms with E-state index in [4.69, 9.17) is 21.6 Å². The Kier molecular flexibility index (Phi) is 3.99. The fourth-order valence-electron chi connectivity index (χ4n) is 4.00. The van der Waals surface area contributed by atoms with E-state index in [1.54, 1.807) is 24.1 Å². The van der Waals surface area contributed by atoms with Gasteiger partial charge in [-0.2, -0.15) is 5.26 Å². The zero-order valence-electron chi connectivity index (χ0n) is 13.6. The van der Waals surface area contributed by atoms with E-state index in [2.05, 4.69) is 6.07 Å². The van der Waals surface area contributed by atoms with Gasteiger partial charge in [-0.3, -0.25) is 4.90 Å². The Morgan fingerprint density at radius 2 is 2.04 bits per heavy atom. The maximum Gasteiger partial charge on any atom is 0.327 e. The largest absolute Gasteiger partial charge is 0.359 e. The number of carbonyl (C=O) groups excluding carboxylic acids is 1. The summed E-state index contributed by atoms with van der Waals surface area (Å²) in [4.78, 5) is 16.4. The van der Waals surface area contributed by atoms with E-state index in [-0.39, 0.29) is 17.8 Å². The van der Waals surface area contributed by atoms with Crippen LogP contribution in [0.1, 0.15) is 36.8 Å². The number of nitriles is 1. The zero-order chi connectivity index (χ0) is 16.8. The number of amides is 2. The van der Waals surface area contributed by atoms with Crippen molar-refractivity contribution in [2.24, 2.45) is 0 Å². The summed E-state index contributed by atoms with van der Waals surface area (Å²) in [6.07, 6.45) is 3.72. The summed E-state index contributed by atoms with van der Waals surface area (Å²) in [6, 6.07) is 5.43. The van der Waals surface area contributed by atoms with Gasteiger partial charge in [0.1, 0.15) is 6.07 Å². The second kappa shape index (κ2) is 5.70. The number of ether oxygens (including phenoxy) is 1. The third-order valence-corrected chi connectivity index (χ3v) is 5.77. The number of hydrogen-bond acceptors (Lipinski definition) is 3. The van der Waals surface area contributed by atoms with E-state index in [1.807, 2.05) is 18.9 Å². The molecule has 0 bridgehead atoms. The van der Waals surface area contributed by atoms with Gasteiger partial charge in [0.25, 0.3) is 0 Å². The summed E-state index contributed by atoms with van der Waals surface area (Å²) in [7, 11) is 3.49. The third-order valence-electron chi connectivity index (χ3n) is 5.29. The van der Waals surface area contributed by atoms with Crippen molar-refractivity contribution in [3.63, 3.8) is 0 Å². The van der Waals surface area contributed by atoms with Crippen molar-refractivity contribution in [2.75, 3.05) is 19.1 Å². The first-order valence-electron chi connectivity index (χ1n) is 7.77. The highest BCUT2D eigenvalue weighted by atomic mass is 35.5. The predicted molar refractivity (Wildman–Crippen MR) is 88.5 cm³/mol. The van der Waals surface area contributed by atoms with Crippen molar-refractivity contribution < 1.29 is 9.53 Å². The number of rotatable bonds is 2. The monoisotopic (exact) mass is 333 g/mol. The molecule has 1 unspecified atom stereocenters. The Bertz CT molecular complexity index is 692. The average molecular weight is 334 g/mol. The van der Waals surface area contributed by atoms with E-state index >= 15 is 0 Å². The number of benzene rings is 1. The highest BCUT2D eigenvalue weighted by molar-refractivity contribution is 6.33. The van der Waals surface area contributed by atoms with E-state index < -0.39 is 0 Å². The molecule has 0 aromatic heterocycles. The number of likely N-dealkylation sites (N-methyl/N-ethyl adjacent to an activating group) is 1. The molecule has 0 N–H and O–H groups in total. The first kappa shape index (κ1) is 16.1. The fraction of sp³-hybridized carbons (Fsp3) is 0.529. The Hall–Kier alpha value is -1.77. The molecular formula is C17H20ClN3O2. The van der Waals surface area contributed by atoms with Gasteiger partial charge < -0.3 is 9.64 Å². The maximum atomic E-state index is 12.9. The molecule has 1 aliphatic heterocycles. The van der Waals surface area contributed by atoms with Crippen molar-refractivity contribution in [1.82, 2.24) is 4.90 Å². The van der Waals surface area contributed by atoms with Gasteiger partial charge in [-0.15, -0.1) is 0 Å². The van der Waals surface area contributed by atoms with Crippen molar-refractivity contribution in [3.05, 3.63) is 28.3 Å². The van der Waals surface area contributed by atoms with Crippen molar-refractivity contribution in [3.8, 4) is 6.07 Å². The van der Waals surface area contributed by atoms with E-state index in [9.17, 15) is 4.79 Å². The lowest BCUT2D eigenvalue weighted by molar-refractivity contribution is 0.0138. The van der Waals surface area contributed by atoms with Crippen LogP contribution in [0, 0.1) is 18.3 Å². The molecule has 1 spiro atoms. The second-order valence-electron chi connectivity index (χ2n) is 6.29. The van der Waals surface area contributed by atoms with Gasteiger partial charge in [-0.25, -0.2) is 4.79 Å². The quantitative estimate of drug-likeness (QED) is 0.829. The maximum absolute atomic E-state index is 12.9. The summed E-state index contributed by atoms with van der Waals surface area (Å²) in [5.74, 6) is 0. The third kappa shape index (κ3) is 2.13. The molecule has 1 aliphatic carbocycles. The molecule has 1 aromatic carbocycles. The lowest BCUT2D eigenvalue weighted by atomic mass is 9.94. The molecule has 2 aliphatic rings. The van der Waals surface area contributed by atoms with Crippen LogP contribution in [-0.4, -0.2) is 36.9 Å². The SMILES string of the molecule is COC1N(c2ccc(C#N)c(Cl)c2C)C(=O)N(C)C12CCCC2. The molecule has 23 heavy (non-hydrogen) atoms. The van der Waals surface area contributed by atoms with E-state index in [1.165, 1.54) is 0 Å². The van der Waals surface area contributed by atoms with Gasteiger partial charge in [-0.1, -0.05) is 24.4 Å². The van der Waals surface area contributed by atoms with Gasteiger partial charge in [-0.05, 0) is 37.5 Å². The van der Waals surface area contributed by atoms with Gasteiger partial charge in [0.05, 0.1) is 21.8 Å². The Morgan fingerprint density at radius 3 is 2.61 bits per heavy atom. The summed E-state index contributed by atoms with van der Waals surface area (Å²) < 4.78 is 5.76. The topological polar surface area (TPSA) is 56.6 Å². The highest BCUT2D eigenvalue weighted by Crippen LogP contribution is 2.47. The minimum Gasteiger partial charge on any atom is -0.359 e. The Morgan fingerprint density at radius 1 is 1.39 bits per heavy atom. The van der Waals surface area contributed by atoms with Crippen molar-refractivity contribution in [2.45, 2.75) is 44.4 Å². The lowest BCUT2D eigenvalue weighted by Gasteiger charge is -2.35. The molecular weight excluding hydrogens is 314 g/mol. The summed E-state index contributed by atoms with van der Waals surface area (Å²) in [5, 5.41) is 9.50. The van der Waals surface area contributed by atoms with Gasteiger partial charge in [0.2, 0.25) is 0 Å². The number of urea groups is 1. The molecule has 2 fully saturated rings. The van der Waals surface area contributed by atoms with Gasteiger partial charge >= 0.3 is 6.03 Å². The molecule has 0 radical (unpaired) electrons. The zero-order valence-corrected chi connectivity index (χ0v) is 14.4.